The molecule has 0 aromatic heterocycles. The molecule has 1 aromatic carbocycles. The van der Waals surface area contributed by atoms with Crippen LogP contribution in [0.5, 0.6) is 0 Å². The van der Waals surface area contributed by atoms with E-state index in [1.807, 2.05) is 0 Å². The van der Waals surface area contributed by atoms with E-state index in [9.17, 15) is 13.2 Å². The summed E-state index contributed by atoms with van der Waals surface area (Å²) >= 11 is 6.12. The van der Waals surface area contributed by atoms with E-state index in [1.165, 1.54) is 18.5 Å². The summed E-state index contributed by atoms with van der Waals surface area (Å²) in [6.07, 6.45) is -0.147. The van der Waals surface area contributed by atoms with Crippen LogP contribution >= 0.6 is 11.6 Å². The lowest BCUT2D eigenvalue weighted by molar-refractivity contribution is -0.141. The maximum atomic E-state index is 12.4. The monoisotopic (exact) mass is 348 g/mol. The van der Waals surface area contributed by atoms with Crippen LogP contribution in [0.2, 0.25) is 5.02 Å². The van der Waals surface area contributed by atoms with Crippen molar-refractivity contribution < 1.29 is 17.9 Å². The van der Waals surface area contributed by atoms with Gasteiger partial charge in [-0.1, -0.05) is 29.8 Å². The minimum absolute atomic E-state index is 0.147. The van der Waals surface area contributed by atoms with Crippen molar-refractivity contribution >= 4 is 27.8 Å². The molecule has 0 saturated heterocycles. The van der Waals surface area contributed by atoms with Crippen LogP contribution in [0.3, 0.4) is 0 Å². The number of hydrogen-bond acceptors (Lipinski definition) is 4. The summed E-state index contributed by atoms with van der Waals surface area (Å²) in [6.45, 7) is 3.51. The quantitative estimate of drug-likeness (QED) is 0.766. The number of methoxy groups -OCH3 is 1. The highest BCUT2D eigenvalue weighted by Gasteiger charge is 2.28. The lowest BCUT2D eigenvalue weighted by atomic mass is 10.1. The number of carbonyl (C=O) groups excluding carboxylic acids is 1. The van der Waals surface area contributed by atoms with Gasteiger partial charge >= 0.3 is 5.97 Å². The van der Waals surface area contributed by atoms with Crippen molar-refractivity contribution in [3.05, 3.63) is 34.9 Å². The van der Waals surface area contributed by atoms with Crippen LogP contribution in [-0.2, 0) is 19.7 Å². The van der Waals surface area contributed by atoms with E-state index < -0.39 is 22.2 Å². The fourth-order valence-electron chi connectivity index (χ4n) is 1.76. The van der Waals surface area contributed by atoms with E-state index in [4.69, 9.17) is 11.6 Å². The zero-order valence-electron chi connectivity index (χ0n) is 13.0. The van der Waals surface area contributed by atoms with E-state index in [1.54, 1.807) is 38.1 Å². The Bertz CT molecular complexity index is 619. The van der Waals surface area contributed by atoms with E-state index in [-0.39, 0.29) is 12.5 Å². The summed E-state index contributed by atoms with van der Waals surface area (Å²) in [7, 11) is -1.04. The SMILES string of the molecule is COC(=O)CC(NS(=O)(=O)N(C)C(C)C)c1ccccc1Cl. The first-order chi connectivity index (χ1) is 10.2. The van der Waals surface area contributed by atoms with Gasteiger partial charge in [0.1, 0.15) is 0 Å². The number of rotatable bonds is 7. The lowest BCUT2D eigenvalue weighted by Crippen LogP contribution is -2.43. The zero-order chi connectivity index (χ0) is 16.9. The van der Waals surface area contributed by atoms with Crippen molar-refractivity contribution in [3.63, 3.8) is 0 Å². The van der Waals surface area contributed by atoms with E-state index in [2.05, 4.69) is 9.46 Å². The van der Waals surface area contributed by atoms with Crippen molar-refractivity contribution in [2.24, 2.45) is 0 Å². The van der Waals surface area contributed by atoms with Crippen LogP contribution in [0, 0.1) is 0 Å². The number of ether oxygens (including phenoxy) is 1. The van der Waals surface area contributed by atoms with Gasteiger partial charge in [0.25, 0.3) is 10.2 Å². The van der Waals surface area contributed by atoms with Gasteiger partial charge in [-0.2, -0.15) is 17.4 Å². The highest BCUT2D eigenvalue weighted by Crippen LogP contribution is 2.26. The molecule has 0 heterocycles. The van der Waals surface area contributed by atoms with E-state index >= 15 is 0 Å². The van der Waals surface area contributed by atoms with Gasteiger partial charge in [-0.25, -0.2) is 0 Å². The summed E-state index contributed by atoms with van der Waals surface area (Å²) in [5.41, 5.74) is 0.523. The Hall–Kier alpha value is -1.15. The number of nitrogens with zero attached hydrogens (tertiary/aromatic N) is 1. The molecule has 0 spiro atoms. The highest BCUT2D eigenvalue weighted by molar-refractivity contribution is 7.87. The Morgan fingerprint density at radius 2 is 1.95 bits per heavy atom. The topological polar surface area (TPSA) is 75.7 Å². The van der Waals surface area contributed by atoms with Crippen molar-refractivity contribution in [1.29, 1.82) is 0 Å². The molecule has 0 radical (unpaired) electrons. The fourth-order valence-corrected chi connectivity index (χ4v) is 3.32. The van der Waals surface area contributed by atoms with Gasteiger partial charge in [-0.05, 0) is 25.5 Å². The zero-order valence-corrected chi connectivity index (χ0v) is 14.6. The average Bonchev–Trinajstić information content (AvgIpc) is 2.45. The first-order valence-corrected chi connectivity index (χ1v) is 8.57. The second-order valence-electron chi connectivity index (χ2n) is 5.09. The molecule has 0 saturated carbocycles. The molecule has 6 nitrogen and oxygen atoms in total. The van der Waals surface area contributed by atoms with Gasteiger partial charge in [0.15, 0.2) is 0 Å². The van der Waals surface area contributed by atoms with Crippen molar-refractivity contribution in [1.82, 2.24) is 9.03 Å². The molecule has 1 atom stereocenters. The maximum absolute atomic E-state index is 12.4. The van der Waals surface area contributed by atoms with Gasteiger partial charge in [-0.3, -0.25) is 4.79 Å². The molecule has 0 aliphatic carbocycles. The Labute approximate surface area is 136 Å². The molecule has 124 valence electrons. The molecule has 0 amide bonds. The van der Waals surface area contributed by atoms with Crippen molar-refractivity contribution in [2.75, 3.05) is 14.2 Å². The molecular weight excluding hydrogens is 328 g/mol. The minimum atomic E-state index is -3.76. The summed E-state index contributed by atoms with van der Waals surface area (Å²) < 4.78 is 33.0. The number of carbonyl (C=O) groups is 1. The Kier molecular flexibility index (Phi) is 6.80. The molecule has 0 bridgehead atoms. The number of nitrogens with one attached hydrogen (secondary N) is 1. The molecular formula is C14H21ClN2O4S. The first-order valence-electron chi connectivity index (χ1n) is 6.75. The van der Waals surface area contributed by atoms with Gasteiger partial charge in [0.2, 0.25) is 0 Å². The molecule has 0 aliphatic rings. The Balaban J connectivity index is 3.12. The normalized spacial score (nSPS) is 13.4. The number of benzene rings is 1. The summed E-state index contributed by atoms with van der Waals surface area (Å²) in [5, 5.41) is 0.381. The van der Waals surface area contributed by atoms with Crippen LogP contribution in [0.1, 0.15) is 31.9 Å². The van der Waals surface area contributed by atoms with Gasteiger partial charge < -0.3 is 4.74 Å². The van der Waals surface area contributed by atoms with Crippen molar-refractivity contribution in [2.45, 2.75) is 32.4 Å². The maximum Gasteiger partial charge on any atom is 0.307 e. The second kappa shape index (κ2) is 7.92. The van der Waals surface area contributed by atoms with Gasteiger partial charge in [0, 0.05) is 18.1 Å². The molecule has 1 unspecified atom stereocenters. The Morgan fingerprint density at radius 1 is 1.36 bits per heavy atom. The number of halogens is 1. The summed E-state index contributed by atoms with van der Waals surface area (Å²) in [5.74, 6) is -0.528. The van der Waals surface area contributed by atoms with Crippen molar-refractivity contribution in [3.8, 4) is 0 Å². The standard InChI is InChI=1S/C14H21ClN2O4S/c1-10(2)17(3)22(19,20)16-13(9-14(18)21-4)11-7-5-6-8-12(11)15/h5-8,10,13,16H,9H2,1-4H3. The number of esters is 1. The third kappa shape index (κ3) is 4.95. The smallest absolute Gasteiger partial charge is 0.307 e. The third-order valence-electron chi connectivity index (χ3n) is 3.28. The van der Waals surface area contributed by atoms with Gasteiger partial charge in [-0.15, -0.1) is 0 Å². The second-order valence-corrected chi connectivity index (χ2v) is 7.26. The minimum Gasteiger partial charge on any atom is -0.469 e. The summed E-state index contributed by atoms with van der Waals surface area (Å²) in [4.78, 5) is 11.6. The largest absolute Gasteiger partial charge is 0.469 e. The predicted octanol–water partition coefficient (Wildman–Crippen LogP) is 2.12. The van der Waals surface area contributed by atoms with E-state index in [0.29, 0.717) is 10.6 Å². The van der Waals surface area contributed by atoms with Crippen LogP contribution in [0.15, 0.2) is 24.3 Å². The molecule has 22 heavy (non-hydrogen) atoms. The lowest BCUT2D eigenvalue weighted by Gasteiger charge is -2.25. The molecule has 0 fully saturated rings. The molecule has 0 aliphatic heterocycles. The molecule has 1 N–H and O–H groups in total. The summed E-state index contributed by atoms with van der Waals surface area (Å²) in [6, 6.07) is 5.76. The average molecular weight is 349 g/mol. The fraction of sp³-hybridized carbons (Fsp3) is 0.500. The molecule has 8 heteroatoms. The molecule has 1 rings (SSSR count). The van der Waals surface area contributed by atoms with E-state index in [0.717, 1.165) is 0 Å². The Morgan fingerprint density at radius 3 is 2.45 bits per heavy atom. The van der Waals surface area contributed by atoms with Crippen LogP contribution < -0.4 is 4.72 Å². The van der Waals surface area contributed by atoms with Crippen LogP contribution in [-0.4, -0.2) is 38.9 Å². The first kappa shape index (κ1) is 18.9. The van der Waals surface area contributed by atoms with Crippen LogP contribution in [0.4, 0.5) is 0 Å². The predicted molar refractivity (Wildman–Crippen MR) is 85.8 cm³/mol. The van der Waals surface area contributed by atoms with Crippen LogP contribution in [0.25, 0.3) is 0 Å². The number of hydrogen-bond donors (Lipinski definition) is 1. The third-order valence-corrected chi connectivity index (χ3v) is 5.38. The van der Waals surface area contributed by atoms with Gasteiger partial charge in [0.05, 0.1) is 19.6 Å². The highest BCUT2D eigenvalue weighted by atomic mass is 35.5. The molecule has 1 aromatic rings.